The molecule has 1 atom stereocenters. The summed E-state index contributed by atoms with van der Waals surface area (Å²) in [6.07, 6.45) is 0. The minimum absolute atomic E-state index is 0.0751. The minimum Gasteiger partial charge on any atom is -0.322 e. The first kappa shape index (κ1) is 12.1. The number of carbonyl (C=O) groups is 1. The highest BCUT2D eigenvalue weighted by molar-refractivity contribution is 5.94. The van der Waals surface area contributed by atoms with E-state index in [2.05, 4.69) is 10.6 Å². The Morgan fingerprint density at radius 2 is 2.25 bits per heavy atom. The van der Waals surface area contributed by atoms with E-state index in [1.165, 1.54) is 12.1 Å². The fourth-order valence-electron chi connectivity index (χ4n) is 1.06. The first-order valence-corrected chi connectivity index (χ1v) is 4.76. The molecule has 4 nitrogen and oxygen atoms in total. The van der Waals surface area contributed by atoms with Crippen LogP contribution in [0.25, 0.3) is 0 Å². The molecule has 0 saturated heterocycles. The number of nitrogens with one attached hydrogen (secondary N) is 2. The fourth-order valence-corrected chi connectivity index (χ4v) is 1.06. The number of halogens is 1. The van der Waals surface area contributed by atoms with Crippen LogP contribution in [0.4, 0.5) is 10.1 Å². The zero-order valence-electron chi connectivity index (χ0n) is 9.04. The minimum atomic E-state index is -0.615. The molecule has 0 heterocycles. The quantitative estimate of drug-likeness (QED) is 0.807. The second kappa shape index (κ2) is 5.24. The molecule has 5 heteroatoms. The van der Waals surface area contributed by atoms with E-state index >= 15 is 0 Å². The summed E-state index contributed by atoms with van der Waals surface area (Å²) < 4.78 is 13.4. The van der Waals surface area contributed by atoms with Gasteiger partial charge in [0.2, 0.25) is 5.91 Å². The van der Waals surface area contributed by atoms with Crippen LogP contribution >= 0.6 is 0 Å². The van der Waals surface area contributed by atoms with Crippen LogP contribution in [0.3, 0.4) is 0 Å². The summed E-state index contributed by atoms with van der Waals surface area (Å²) in [5.41, 5.74) is 0.295. The third-order valence-corrected chi connectivity index (χ3v) is 2.18. The van der Waals surface area contributed by atoms with Crippen LogP contribution in [0.2, 0.25) is 0 Å². The third-order valence-electron chi connectivity index (χ3n) is 2.18. The monoisotopic (exact) mass is 221 g/mol. The SMILES string of the molecule is CNC(C)C(=O)Nc1ccc(C#N)cc1F. The predicted octanol–water partition coefficient (Wildman–Crippen LogP) is 1.24. The second-order valence-corrected chi connectivity index (χ2v) is 3.31. The van der Waals surface area contributed by atoms with E-state index in [0.29, 0.717) is 0 Å². The van der Waals surface area contributed by atoms with E-state index in [9.17, 15) is 9.18 Å². The Hall–Kier alpha value is -1.93. The van der Waals surface area contributed by atoms with E-state index in [1.54, 1.807) is 14.0 Å². The highest BCUT2D eigenvalue weighted by Gasteiger charge is 2.12. The van der Waals surface area contributed by atoms with E-state index in [4.69, 9.17) is 5.26 Å². The molecule has 2 N–H and O–H groups in total. The zero-order valence-corrected chi connectivity index (χ0v) is 9.04. The Morgan fingerprint density at radius 3 is 2.75 bits per heavy atom. The Labute approximate surface area is 93.1 Å². The lowest BCUT2D eigenvalue weighted by atomic mass is 10.2. The molecule has 16 heavy (non-hydrogen) atoms. The lowest BCUT2D eigenvalue weighted by Gasteiger charge is -2.11. The summed E-state index contributed by atoms with van der Waals surface area (Å²) >= 11 is 0. The molecule has 0 saturated carbocycles. The van der Waals surface area contributed by atoms with Crippen molar-refractivity contribution in [2.24, 2.45) is 0 Å². The van der Waals surface area contributed by atoms with E-state index < -0.39 is 11.9 Å². The van der Waals surface area contributed by atoms with E-state index in [0.717, 1.165) is 6.07 Å². The number of carbonyl (C=O) groups excluding carboxylic acids is 1. The lowest BCUT2D eigenvalue weighted by molar-refractivity contribution is -0.117. The van der Waals surface area contributed by atoms with Gasteiger partial charge in [-0.05, 0) is 32.2 Å². The number of nitriles is 1. The number of hydrogen-bond donors (Lipinski definition) is 2. The molecular weight excluding hydrogens is 209 g/mol. The Balaban J connectivity index is 2.83. The van der Waals surface area contributed by atoms with Crippen molar-refractivity contribution in [2.75, 3.05) is 12.4 Å². The zero-order chi connectivity index (χ0) is 12.1. The first-order valence-electron chi connectivity index (χ1n) is 4.76. The maximum absolute atomic E-state index is 13.4. The second-order valence-electron chi connectivity index (χ2n) is 3.31. The van der Waals surface area contributed by atoms with Crippen molar-refractivity contribution in [2.45, 2.75) is 13.0 Å². The van der Waals surface area contributed by atoms with Gasteiger partial charge in [0.1, 0.15) is 5.82 Å². The standard InChI is InChI=1S/C11H12FN3O/c1-7(14-2)11(16)15-10-4-3-8(6-13)5-9(10)12/h3-5,7,14H,1-2H3,(H,15,16). The molecule has 0 aliphatic rings. The van der Waals surface area contributed by atoms with Crippen molar-refractivity contribution in [3.8, 4) is 6.07 Å². The average molecular weight is 221 g/mol. The number of amides is 1. The molecule has 0 aromatic heterocycles. The van der Waals surface area contributed by atoms with E-state index in [1.807, 2.05) is 6.07 Å². The fraction of sp³-hybridized carbons (Fsp3) is 0.273. The van der Waals surface area contributed by atoms with Gasteiger partial charge in [0.25, 0.3) is 0 Å². The smallest absolute Gasteiger partial charge is 0.241 e. The number of rotatable bonds is 3. The normalized spacial score (nSPS) is 11.6. The van der Waals surface area contributed by atoms with Gasteiger partial charge in [0.05, 0.1) is 23.4 Å². The number of hydrogen-bond acceptors (Lipinski definition) is 3. The Morgan fingerprint density at radius 1 is 1.56 bits per heavy atom. The summed E-state index contributed by atoms with van der Waals surface area (Å²) in [7, 11) is 1.64. The average Bonchev–Trinajstić information content (AvgIpc) is 2.30. The Bertz CT molecular complexity index is 439. The molecule has 1 aromatic carbocycles. The van der Waals surface area contributed by atoms with Gasteiger partial charge < -0.3 is 10.6 Å². The van der Waals surface area contributed by atoms with Crippen LogP contribution in [-0.2, 0) is 4.79 Å². The van der Waals surface area contributed by atoms with Crippen molar-refractivity contribution in [1.82, 2.24) is 5.32 Å². The molecule has 1 unspecified atom stereocenters. The van der Waals surface area contributed by atoms with Crippen molar-refractivity contribution in [3.05, 3.63) is 29.6 Å². The number of anilines is 1. The summed E-state index contributed by atoms with van der Waals surface area (Å²) in [5.74, 6) is -0.943. The third kappa shape index (κ3) is 2.78. The Kier molecular flexibility index (Phi) is 3.97. The summed E-state index contributed by atoms with van der Waals surface area (Å²) in [6.45, 7) is 1.66. The van der Waals surface area contributed by atoms with Crippen LogP contribution in [-0.4, -0.2) is 19.0 Å². The van der Waals surface area contributed by atoms with Crippen molar-refractivity contribution in [3.63, 3.8) is 0 Å². The van der Waals surface area contributed by atoms with Gasteiger partial charge in [-0.25, -0.2) is 4.39 Å². The number of nitrogens with zero attached hydrogens (tertiary/aromatic N) is 1. The highest BCUT2D eigenvalue weighted by atomic mass is 19.1. The molecule has 1 aromatic rings. The van der Waals surface area contributed by atoms with Crippen LogP contribution in [0.1, 0.15) is 12.5 Å². The van der Waals surface area contributed by atoms with Gasteiger partial charge in [0, 0.05) is 0 Å². The molecule has 0 aliphatic carbocycles. The number of benzene rings is 1. The summed E-state index contributed by atoms with van der Waals surface area (Å²) in [5, 5.41) is 13.7. The topological polar surface area (TPSA) is 64.9 Å². The van der Waals surface area contributed by atoms with Crippen molar-refractivity contribution >= 4 is 11.6 Å². The maximum Gasteiger partial charge on any atom is 0.241 e. The van der Waals surface area contributed by atoms with Gasteiger partial charge >= 0.3 is 0 Å². The van der Waals surface area contributed by atoms with Crippen molar-refractivity contribution in [1.29, 1.82) is 5.26 Å². The van der Waals surface area contributed by atoms with Gasteiger partial charge in [-0.3, -0.25) is 4.79 Å². The van der Waals surface area contributed by atoms with Gasteiger partial charge in [-0.1, -0.05) is 0 Å². The van der Waals surface area contributed by atoms with Gasteiger partial charge in [-0.15, -0.1) is 0 Å². The van der Waals surface area contributed by atoms with E-state index in [-0.39, 0.29) is 17.2 Å². The lowest BCUT2D eigenvalue weighted by Crippen LogP contribution is -2.35. The molecule has 1 amide bonds. The molecule has 0 radical (unpaired) electrons. The number of likely N-dealkylation sites (N-methyl/N-ethyl adjacent to an activating group) is 1. The molecule has 0 aliphatic heterocycles. The summed E-state index contributed by atoms with van der Waals surface area (Å²) in [4.78, 5) is 11.4. The maximum atomic E-state index is 13.4. The van der Waals surface area contributed by atoms with Gasteiger partial charge in [0.15, 0.2) is 0 Å². The predicted molar refractivity (Wildman–Crippen MR) is 58.3 cm³/mol. The highest BCUT2D eigenvalue weighted by Crippen LogP contribution is 2.15. The van der Waals surface area contributed by atoms with Crippen LogP contribution in [0.15, 0.2) is 18.2 Å². The van der Waals surface area contributed by atoms with Crippen LogP contribution < -0.4 is 10.6 Å². The molecular formula is C11H12FN3O. The van der Waals surface area contributed by atoms with Crippen LogP contribution in [0.5, 0.6) is 0 Å². The first-order chi connectivity index (χ1) is 7.58. The summed E-state index contributed by atoms with van der Waals surface area (Å²) in [6, 6.07) is 5.31. The molecule has 1 rings (SSSR count). The molecule has 84 valence electrons. The largest absolute Gasteiger partial charge is 0.322 e. The van der Waals surface area contributed by atoms with Crippen LogP contribution in [0, 0.1) is 17.1 Å². The molecule has 0 spiro atoms. The molecule has 0 bridgehead atoms. The van der Waals surface area contributed by atoms with Crippen molar-refractivity contribution < 1.29 is 9.18 Å². The van der Waals surface area contributed by atoms with Gasteiger partial charge in [-0.2, -0.15) is 5.26 Å². The molecule has 0 fully saturated rings.